The van der Waals surface area contributed by atoms with Gasteiger partial charge in [0.05, 0.1) is 24.1 Å². The zero-order chi connectivity index (χ0) is 17.8. The molecule has 0 aliphatic rings. The Morgan fingerprint density at radius 3 is 2.76 bits per heavy atom. The third-order valence-corrected chi connectivity index (χ3v) is 3.40. The van der Waals surface area contributed by atoms with Crippen molar-refractivity contribution >= 4 is 5.97 Å². The fourth-order valence-corrected chi connectivity index (χ4v) is 2.26. The lowest BCUT2D eigenvalue weighted by Gasteiger charge is -2.09. The van der Waals surface area contributed by atoms with E-state index in [2.05, 4.69) is 10.1 Å². The summed E-state index contributed by atoms with van der Waals surface area (Å²) < 4.78 is 26.0. The van der Waals surface area contributed by atoms with Gasteiger partial charge in [0.15, 0.2) is 0 Å². The lowest BCUT2D eigenvalue weighted by molar-refractivity contribution is 0.0520. The number of ether oxygens (including phenoxy) is 2. The van der Waals surface area contributed by atoms with E-state index in [9.17, 15) is 9.18 Å². The number of aryl methyl sites for hydroxylation is 1. The molecule has 25 heavy (non-hydrogen) atoms. The first-order chi connectivity index (χ1) is 12.1. The van der Waals surface area contributed by atoms with E-state index in [-0.39, 0.29) is 12.2 Å². The van der Waals surface area contributed by atoms with Crippen molar-refractivity contribution in [3.05, 3.63) is 60.3 Å². The first-order valence-electron chi connectivity index (χ1n) is 7.66. The average Bonchev–Trinajstić information content (AvgIpc) is 3.03. The van der Waals surface area contributed by atoms with E-state index in [1.54, 1.807) is 36.1 Å². The summed E-state index contributed by atoms with van der Waals surface area (Å²) in [4.78, 5) is 16.1. The minimum atomic E-state index is -0.726. The molecule has 7 heteroatoms. The van der Waals surface area contributed by atoms with E-state index in [0.717, 1.165) is 5.56 Å². The average molecular weight is 341 g/mol. The number of nitrogens with zero attached hydrogens (tertiary/aromatic N) is 3. The van der Waals surface area contributed by atoms with E-state index >= 15 is 0 Å². The zero-order valence-electron chi connectivity index (χ0n) is 13.8. The Kier molecular flexibility index (Phi) is 4.74. The molecule has 0 spiro atoms. The molecular weight excluding hydrogens is 325 g/mol. The summed E-state index contributed by atoms with van der Waals surface area (Å²) in [6.07, 6.45) is 5.14. The number of carbonyl (C=O) groups excluding carboxylic acids is 1. The monoisotopic (exact) mass is 341 g/mol. The van der Waals surface area contributed by atoms with Crippen LogP contribution >= 0.6 is 0 Å². The molecule has 0 radical (unpaired) electrons. The van der Waals surface area contributed by atoms with Gasteiger partial charge in [-0.05, 0) is 31.2 Å². The molecule has 0 aliphatic heterocycles. The molecule has 0 amide bonds. The molecule has 3 rings (SSSR count). The fraction of sp³-hybridized carbons (Fsp3) is 0.167. The minimum absolute atomic E-state index is 0.166. The van der Waals surface area contributed by atoms with Crippen LogP contribution in [-0.4, -0.2) is 27.3 Å². The number of hydrogen-bond donors (Lipinski definition) is 0. The minimum Gasteiger partial charge on any atom is -0.462 e. The van der Waals surface area contributed by atoms with E-state index in [4.69, 9.17) is 9.47 Å². The molecule has 0 atom stereocenters. The predicted octanol–water partition coefficient (Wildman–Crippen LogP) is 3.59. The van der Waals surface area contributed by atoms with Crippen LogP contribution in [0, 0.1) is 5.82 Å². The van der Waals surface area contributed by atoms with Crippen LogP contribution < -0.4 is 4.74 Å². The van der Waals surface area contributed by atoms with Crippen LogP contribution in [0.2, 0.25) is 0 Å². The highest BCUT2D eigenvalue weighted by Crippen LogP contribution is 2.27. The quantitative estimate of drug-likeness (QED) is 0.664. The fourth-order valence-electron chi connectivity index (χ4n) is 2.26. The third-order valence-electron chi connectivity index (χ3n) is 3.40. The van der Waals surface area contributed by atoms with E-state index in [0.29, 0.717) is 17.2 Å². The van der Waals surface area contributed by atoms with Gasteiger partial charge >= 0.3 is 5.97 Å². The van der Waals surface area contributed by atoms with Crippen molar-refractivity contribution in [1.82, 2.24) is 14.8 Å². The van der Waals surface area contributed by atoms with Gasteiger partial charge in [-0.1, -0.05) is 0 Å². The standard InChI is InChI=1S/C18H16FN3O3/c1-3-24-18(23)15-8-13(4-5-16(15)19)25-14-6-7-20-17(9-14)12-10-21-22(2)11-12/h4-11H,3H2,1-2H3. The summed E-state index contributed by atoms with van der Waals surface area (Å²) in [5.74, 6) is -0.545. The predicted molar refractivity (Wildman–Crippen MR) is 88.9 cm³/mol. The second kappa shape index (κ2) is 7.12. The second-order valence-electron chi connectivity index (χ2n) is 5.24. The van der Waals surface area contributed by atoms with Crippen LogP contribution in [0.15, 0.2) is 48.9 Å². The Bertz CT molecular complexity index is 908. The van der Waals surface area contributed by atoms with Crippen molar-refractivity contribution < 1.29 is 18.7 Å². The lowest BCUT2D eigenvalue weighted by Crippen LogP contribution is -2.07. The largest absolute Gasteiger partial charge is 0.462 e. The van der Waals surface area contributed by atoms with Crippen molar-refractivity contribution in [3.8, 4) is 22.8 Å². The number of esters is 1. The second-order valence-corrected chi connectivity index (χ2v) is 5.24. The topological polar surface area (TPSA) is 66.2 Å². The first-order valence-corrected chi connectivity index (χ1v) is 7.66. The number of carbonyl (C=O) groups is 1. The Balaban J connectivity index is 1.85. The lowest BCUT2D eigenvalue weighted by atomic mass is 10.2. The highest BCUT2D eigenvalue weighted by Gasteiger charge is 2.14. The molecule has 0 saturated heterocycles. The SMILES string of the molecule is CCOC(=O)c1cc(Oc2ccnc(-c3cnn(C)c3)c2)ccc1F. The molecule has 128 valence electrons. The van der Waals surface area contributed by atoms with Crippen molar-refractivity contribution in [1.29, 1.82) is 0 Å². The number of pyridine rings is 1. The van der Waals surface area contributed by atoms with Crippen molar-refractivity contribution in [2.75, 3.05) is 6.61 Å². The van der Waals surface area contributed by atoms with E-state index < -0.39 is 11.8 Å². The molecule has 2 heterocycles. The highest BCUT2D eigenvalue weighted by molar-refractivity contribution is 5.90. The van der Waals surface area contributed by atoms with Gasteiger partial charge in [-0.15, -0.1) is 0 Å². The first kappa shape index (κ1) is 16.6. The zero-order valence-corrected chi connectivity index (χ0v) is 13.8. The number of rotatable bonds is 5. The Hall–Kier alpha value is -3.22. The summed E-state index contributed by atoms with van der Waals surface area (Å²) in [7, 11) is 1.82. The molecule has 6 nitrogen and oxygen atoms in total. The summed E-state index contributed by atoms with van der Waals surface area (Å²) in [6, 6.07) is 7.35. The van der Waals surface area contributed by atoms with Gasteiger partial charge in [0.25, 0.3) is 0 Å². The van der Waals surface area contributed by atoms with Gasteiger partial charge in [-0.25, -0.2) is 9.18 Å². The van der Waals surface area contributed by atoms with Crippen LogP contribution in [0.4, 0.5) is 4.39 Å². The number of halogens is 1. The van der Waals surface area contributed by atoms with E-state index in [1.165, 1.54) is 18.2 Å². The molecule has 0 fully saturated rings. The van der Waals surface area contributed by atoms with E-state index in [1.807, 2.05) is 13.2 Å². The molecule has 0 bridgehead atoms. The highest BCUT2D eigenvalue weighted by atomic mass is 19.1. The molecule has 3 aromatic rings. The summed E-state index contributed by atoms with van der Waals surface area (Å²) in [5, 5.41) is 4.11. The third kappa shape index (κ3) is 3.82. The van der Waals surface area contributed by atoms with Crippen molar-refractivity contribution in [2.45, 2.75) is 6.92 Å². The van der Waals surface area contributed by atoms with Gasteiger partial charge in [0.2, 0.25) is 0 Å². The summed E-state index contributed by atoms with van der Waals surface area (Å²) in [6.45, 7) is 1.83. The van der Waals surface area contributed by atoms with Gasteiger partial charge in [-0.2, -0.15) is 5.10 Å². The summed E-state index contributed by atoms with van der Waals surface area (Å²) in [5.41, 5.74) is 1.37. The van der Waals surface area contributed by atoms with Gasteiger partial charge in [0, 0.05) is 31.1 Å². The molecule has 0 N–H and O–H groups in total. The summed E-state index contributed by atoms with van der Waals surface area (Å²) >= 11 is 0. The molecule has 0 aliphatic carbocycles. The van der Waals surface area contributed by atoms with Gasteiger partial charge in [-0.3, -0.25) is 9.67 Å². The van der Waals surface area contributed by atoms with Crippen LogP contribution in [0.3, 0.4) is 0 Å². The van der Waals surface area contributed by atoms with Crippen LogP contribution in [0.5, 0.6) is 11.5 Å². The Labute approximate surface area is 143 Å². The van der Waals surface area contributed by atoms with Gasteiger partial charge < -0.3 is 9.47 Å². The smallest absolute Gasteiger partial charge is 0.341 e. The maximum absolute atomic E-state index is 13.8. The number of benzene rings is 1. The van der Waals surface area contributed by atoms with Crippen molar-refractivity contribution in [2.24, 2.45) is 7.05 Å². The molecule has 2 aromatic heterocycles. The molecule has 0 saturated carbocycles. The maximum Gasteiger partial charge on any atom is 0.341 e. The number of hydrogen-bond acceptors (Lipinski definition) is 5. The maximum atomic E-state index is 13.8. The molecule has 1 aromatic carbocycles. The van der Waals surface area contributed by atoms with Crippen molar-refractivity contribution in [3.63, 3.8) is 0 Å². The van der Waals surface area contributed by atoms with Gasteiger partial charge in [0.1, 0.15) is 17.3 Å². The van der Waals surface area contributed by atoms with Crippen LogP contribution in [0.25, 0.3) is 11.3 Å². The van der Waals surface area contributed by atoms with Crippen LogP contribution in [0.1, 0.15) is 17.3 Å². The Morgan fingerprint density at radius 2 is 2.04 bits per heavy atom. The number of aromatic nitrogens is 3. The Morgan fingerprint density at radius 1 is 1.24 bits per heavy atom. The normalized spacial score (nSPS) is 10.5. The molecule has 0 unspecified atom stereocenters. The molecular formula is C18H16FN3O3. The van der Waals surface area contributed by atoms with Crippen LogP contribution in [-0.2, 0) is 11.8 Å².